The first-order valence-electron chi connectivity index (χ1n) is 8.09. The molecule has 0 saturated carbocycles. The summed E-state index contributed by atoms with van der Waals surface area (Å²) in [4.78, 5) is 38.1. The van der Waals surface area contributed by atoms with Gasteiger partial charge in [-0.15, -0.1) is 0 Å². The van der Waals surface area contributed by atoms with Crippen molar-refractivity contribution in [3.05, 3.63) is 58.5 Å². The van der Waals surface area contributed by atoms with Crippen LogP contribution < -0.4 is 5.56 Å². The Balaban J connectivity index is 1.68. The maximum Gasteiger partial charge on any atom is 0.260 e. The Hall–Kier alpha value is -2.61. The van der Waals surface area contributed by atoms with Gasteiger partial charge in [0.15, 0.2) is 0 Å². The smallest absolute Gasteiger partial charge is 0.260 e. The molecular formula is C17H20FN5O2. The fraction of sp³-hybridized carbons (Fsp3) is 0.412. The first-order chi connectivity index (χ1) is 12.0. The van der Waals surface area contributed by atoms with Crippen LogP contribution in [0.15, 0.2) is 41.8 Å². The monoisotopic (exact) mass is 345 g/mol. The molecule has 25 heavy (non-hydrogen) atoms. The van der Waals surface area contributed by atoms with E-state index in [-0.39, 0.29) is 17.5 Å². The van der Waals surface area contributed by atoms with Gasteiger partial charge in [0, 0.05) is 56.9 Å². The minimum atomic E-state index is -0.932. The van der Waals surface area contributed by atoms with Crippen LogP contribution in [0.5, 0.6) is 0 Å². The van der Waals surface area contributed by atoms with E-state index in [1.807, 2.05) is 4.90 Å². The lowest BCUT2D eigenvalue weighted by molar-refractivity contribution is 0.0748. The van der Waals surface area contributed by atoms with Crippen LogP contribution in [0.2, 0.25) is 0 Å². The number of likely N-dealkylation sites (tertiary alicyclic amines) is 1. The predicted molar refractivity (Wildman–Crippen MR) is 89.8 cm³/mol. The van der Waals surface area contributed by atoms with Crippen LogP contribution in [0.4, 0.5) is 4.39 Å². The highest BCUT2D eigenvalue weighted by molar-refractivity contribution is 5.93. The zero-order valence-electron chi connectivity index (χ0n) is 13.9. The maximum atomic E-state index is 13.9. The number of amides is 1. The Morgan fingerprint density at radius 2 is 2.20 bits per heavy atom. The molecule has 2 aromatic rings. The molecule has 0 aromatic carbocycles. The molecule has 0 aliphatic carbocycles. The number of hydrogen-bond acceptors (Lipinski definition) is 5. The first kappa shape index (κ1) is 17.2. The Morgan fingerprint density at radius 3 is 2.92 bits per heavy atom. The average molecular weight is 345 g/mol. The molecule has 2 atom stereocenters. The van der Waals surface area contributed by atoms with Gasteiger partial charge in [0.05, 0.1) is 0 Å². The lowest BCUT2D eigenvalue weighted by atomic mass is 10.1. The number of pyridine rings is 1. The maximum absolute atomic E-state index is 13.9. The Kier molecular flexibility index (Phi) is 5.18. The van der Waals surface area contributed by atoms with E-state index in [0.29, 0.717) is 26.1 Å². The second-order valence-corrected chi connectivity index (χ2v) is 6.26. The first-order valence-corrected chi connectivity index (χ1v) is 8.09. The van der Waals surface area contributed by atoms with Crippen LogP contribution in [-0.4, -0.2) is 63.0 Å². The standard InChI is InChI=1S/C17H20FN5O2/c1-22(17(25)15-3-2-4-21-16(15)24)10-14-5-13(18)9-23(14)8-12-6-19-11-20-7-12/h2-4,6-7,11,13-14H,5,8-10H2,1H3,(H,21,24)/t13-,14-/m0/s1. The van der Waals surface area contributed by atoms with Crippen LogP contribution in [0.25, 0.3) is 0 Å². The molecule has 3 heterocycles. The van der Waals surface area contributed by atoms with E-state index < -0.39 is 11.7 Å². The van der Waals surface area contributed by atoms with Crippen molar-refractivity contribution in [2.75, 3.05) is 20.1 Å². The summed E-state index contributed by atoms with van der Waals surface area (Å²) in [5.74, 6) is -0.368. The van der Waals surface area contributed by atoms with Gasteiger partial charge in [-0.25, -0.2) is 14.4 Å². The summed E-state index contributed by atoms with van der Waals surface area (Å²) in [7, 11) is 1.63. The summed E-state index contributed by atoms with van der Waals surface area (Å²) in [6.07, 6.45) is 5.76. The number of carbonyl (C=O) groups is 1. The zero-order valence-corrected chi connectivity index (χ0v) is 13.9. The minimum absolute atomic E-state index is 0.0859. The van der Waals surface area contributed by atoms with Crippen molar-refractivity contribution in [2.45, 2.75) is 25.2 Å². The van der Waals surface area contributed by atoms with E-state index in [0.717, 1.165) is 5.56 Å². The normalized spacial score (nSPS) is 20.6. The SMILES string of the molecule is CN(C[C@@H]1C[C@H](F)CN1Cc1cncnc1)C(=O)c1ccc[nH]c1=O. The number of likely N-dealkylation sites (N-methyl/N-ethyl adjacent to an activating group) is 1. The quantitative estimate of drug-likeness (QED) is 0.869. The number of aromatic nitrogens is 3. The third-order valence-corrected chi connectivity index (χ3v) is 4.36. The van der Waals surface area contributed by atoms with Crippen molar-refractivity contribution in [2.24, 2.45) is 0 Å². The van der Waals surface area contributed by atoms with Crippen molar-refractivity contribution in [3.8, 4) is 0 Å². The van der Waals surface area contributed by atoms with E-state index in [2.05, 4.69) is 15.0 Å². The van der Waals surface area contributed by atoms with Gasteiger partial charge >= 0.3 is 0 Å². The van der Waals surface area contributed by atoms with Crippen LogP contribution in [0.3, 0.4) is 0 Å². The van der Waals surface area contributed by atoms with E-state index in [9.17, 15) is 14.0 Å². The molecule has 1 aliphatic rings. The highest BCUT2D eigenvalue weighted by atomic mass is 19.1. The predicted octanol–water partition coefficient (Wildman–Crippen LogP) is 0.849. The van der Waals surface area contributed by atoms with Gasteiger partial charge in [-0.1, -0.05) is 0 Å². The van der Waals surface area contributed by atoms with Crippen molar-refractivity contribution < 1.29 is 9.18 Å². The molecule has 132 valence electrons. The summed E-state index contributed by atoms with van der Waals surface area (Å²) >= 11 is 0. The summed E-state index contributed by atoms with van der Waals surface area (Å²) in [6.45, 7) is 1.19. The Morgan fingerprint density at radius 1 is 1.44 bits per heavy atom. The fourth-order valence-corrected chi connectivity index (χ4v) is 3.15. The lowest BCUT2D eigenvalue weighted by Gasteiger charge is -2.28. The lowest BCUT2D eigenvalue weighted by Crippen LogP contribution is -2.42. The number of alkyl halides is 1. The molecule has 0 unspecified atom stereocenters. The highest BCUT2D eigenvalue weighted by Gasteiger charge is 2.33. The van der Waals surface area contributed by atoms with Gasteiger partial charge in [0.25, 0.3) is 11.5 Å². The molecule has 0 radical (unpaired) electrons. The second-order valence-electron chi connectivity index (χ2n) is 6.26. The van der Waals surface area contributed by atoms with Gasteiger partial charge in [-0.3, -0.25) is 14.5 Å². The van der Waals surface area contributed by atoms with Crippen LogP contribution >= 0.6 is 0 Å². The molecule has 1 aliphatic heterocycles. The molecule has 3 rings (SSSR count). The second kappa shape index (κ2) is 7.52. The number of H-pyrrole nitrogens is 1. The van der Waals surface area contributed by atoms with E-state index >= 15 is 0 Å². The Bertz CT molecular complexity index is 782. The van der Waals surface area contributed by atoms with Crippen molar-refractivity contribution in [1.82, 2.24) is 24.8 Å². The highest BCUT2D eigenvalue weighted by Crippen LogP contribution is 2.23. The molecular weight excluding hydrogens is 325 g/mol. The minimum Gasteiger partial charge on any atom is -0.340 e. The largest absolute Gasteiger partial charge is 0.340 e. The van der Waals surface area contributed by atoms with Gasteiger partial charge < -0.3 is 9.88 Å². The molecule has 1 fully saturated rings. The van der Waals surface area contributed by atoms with E-state index in [1.54, 1.807) is 25.5 Å². The van der Waals surface area contributed by atoms with Crippen LogP contribution in [0.1, 0.15) is 22.3 Å². The topological polar surface area (TPSA) is 82.2 Å². The molecule has 2 aromatic heterocycles. The number of nitrogens with zero attached hydrogens (tertiary/aromatic N) is 4. The molecule has 8 heteroatoms. The molecule has 1 N–H and O–H groups in total. The van der Waals surface area contributed by atoms with Gasteiger partial charge in [-0.05, 0) is 18.6 Å². The zero-order chi connectivity index (χ0) is 17.8. The van der Waals surface area contributed by atoms with Gasteiger partial charge in [0.2, 0.25) is 0 Å². The molecule has 0 spiro atoms. The summed E-state index contributed by atoms with van der Waals surface area (Å²) < 4.78 is 13.9. The number of halogens is 1. The summed E-state index contributed by atoms with van der Waals surface area (Å²) in [5.41, 5.74) is 0.560. The van der Waals surface area contributed by atoms with Crippen LogP contribution in [-0.2, 0) is 6.54 Å². The molecule has 7 nitrogen and oxygen atoms in total. The number of aromatic amines is 1. The number of nitrogens with one attached hydrogen (secondary N) is 1. The average Bonchev–Trinajstić information content (AvgIpc) is 2.94. The molecule has 1 saturated heterocycles. The number of carbonyl (C=O) groups excluding carboxylic acids is 1. The molecule has 1 amide bonds. The molecule has 0 bridgehead atoms. The fourth-order valence-electron chi connectivity index (χ4n) is 3.15. The van der Waals surface area contributed by atoms with Crippen molar-refractivity contribution >= 4 is 5.91 Å². The summed E-state index contributed by atoms with van der Waals surface area (Å²) in [5, 5.41) is 0. The number of rotatable bonds is 5. The van der Waals surface area contributed by atoms with Crippen molar-refractivity contribution in [3.63, 3.8) is 0 Å². The van der Waals surface area contributed by atoms with Gasteiger partial charge in [0.1, 0.15) is 18.1 Å². The third-order valence-electron chi connectivity index (χ3n) is 4.36. The Labute approximate surface area is 144 Å². The van der Waals surface area contributed by atoms with E-state index in [4.69, 9.17) is 0 Å². The van der Waals surface area contributed by atoms with Crippen molar-refractivity contribution in [1.29, 1.82) is 0 Å². The van der Waals surface area contributed by atoms with E-state index in [1.165, 1.54) is 23.5 Å². The van der Waals surface area contributed by atoms with Gasteiger partial charge in [-0.2, -0.15) is 0 Å². The third kappa shape index (κ3) is 4.08. The summed E-state index contributed by atoms with van der Waals surface area (Å²) in [6, 6.07) is 2.98. The number of hydrogen-bond donors (Lipinski definition) is 1. The van der Waals surface area contributed by atoms with Crippen LogP contribution in [0, 0.1) is 0 Å².